The molecule has 1 unspecified atom stereocenters. The SMILES string of the molecule is O=P(O)(O)C(F)[C@@H]1O[C@H](CO)[C@@H](O)[C@@H]1O. The third-order valence-corrected chi connectivity index (χ3v) is 3.11. The molecule has 0 aromatic carbocycles. The summed E-state index contributed by atoms with van der Waals surface area (Å²) in [6, 6.07) is 0. The van der Waals surface area contributed by atoms with Crippen molar-refractivity contribution < 1.29 is 38.8 Å². The molecule has 0 saturated carbocycles. The van der Waals surface area contributed by atoms with Gasteiger partial charge in [-0.15, -0.1) is 0 Å². The van der Waals surface area contributed by atoms with E-state index in [0.717, 1.165) is 0 Å². The van der Waals surface area contributed by atoms with Crippen molar-refractivity contribution in [1.29, 1.82) is 0 Å². The highest BCUT2D eigenvalue weighted by atomic mass is 31.2. The van der Waals surface area contributed by atoms with Crippen LogP contribution in [0.1, 0.15) is 0 Å². The van der Waals surface area contributed by atoms with Crippen molar-refractivity contribution in [3.8, 4) is 0 Å². The van der Waals surface area contributed by atoms with Crippen molar-refractivity contribution in [3.63, 3.8) is 0 Å². The summed E-state index contributed by atoms with van der Waals surface area (Å²) in [6.07, 6.45) is -6.41. The smallest absolute Gasteiger partial charge is 0.362 e. The van der Waals surface area contributed by atoms with Gasteiger partial charge in [0.2, 0.25) is 5.91 Å². The molecule has 1 aliphatic rings. The van der Waals surface area contributed by atoms with Gasteiger partial charge in [0, 0.05) is 0 Å². The summed E-state index contributed by atoms with van der Waals surface area (Å²) >= 11 is 0. The number of rotatable bonds is 3. The minimum Gasteiger partial charge on any atom is -0.394 e. The van der Waals surface area contributed by atoms with Gasteiger partial charge in [0.1, 0.15) is 24.4 Å². The third-order valence-electron chi connectivity index (χ3n) is 2.17. The molecular formula is C6H12FO7P. The first kappa shape index (κ1) is 13.0. The minimum atomic E-state index is -5.05. The average molecular weight is 246 g/mol. The van der Waals surface area contributed by atoms with Gasteiger partial charge in [0.25, 0.3) is 0 Å². The maximum Gasteiger partial charge on any atom is 0.362 e. The molecule has 0 aromatic rings. The number of hydrogen-bond acceptors (Lipinski definition) is 5. The average Bonchev–Trinajstić information content (AvgIpc) is 2.41. The summed E-state index contributed by atoms with van der Waals surface area (Å²) in [6.45, 7) is -0.678. The van der Waals surface area contributed by atoms with Crippen LogP contribution in [0.3, 0.4) is 0 Å². The van der Waals surface area contributed by atoms with Crippen molar-refractivity contribution in [2.24, 2.45) is 0 Å². The number of alkyl halides is 1. The maximum absolute atomic E-state index is 13.1. The predicted octanol–water partition coefficient (Wildman–Crippen LogP) is -2.06. The van der Waals surface area contributed by atoms with Crippen molar-refractivity contribution in [1.82, 2.24) is 0 Å². The fourth-order valence-electron chi connectivity index (χ4n) is 1.35. The van der Waals surface area contributed by atoms with E-state index < -0.39 is 44.5 Å². The molecule has 0 amide bonds. The lowest BCUT2D eigenvalue weighted by molar-refractivity contribution is -0.0389. The van der Waals surface area contributed by atoms with Gasteiger partial charge < -0.3 is 29.8 Å². The first-order valence-corrected chi connectivity index (χ1v) is 5.79. The van der Waals surface area contributed by atoms with Gasteiger partial charge in [-0.2, -0.15) is 0 Å². The highest BCUT2D eigenvalue weighted by Gasteiger charge is 2.51. The number of aliphatic hydroxyl groups is 3. The van der Waals surface area contributed by atoms with Crippen LogP contribution in [-0.4, -0.2) is 62.0 Å². The van der Waals surface area contributed by atoms with Gasteiger partial charge in [0.15, 0.2) is 0 Å². The zero-order valence-corrected chi connectivity index (χ0v) is 8.37. The van der Waals surface area contributed by atoms with E-state index in [9.17, 15) is 19.2 Å². The molecule has 5 N–H and O–H groups in total. The van der Waals surface area contributed by atoms with Crippen molar-refractivity contribution >= 4 is 7.60 Å². The van der Waals surface area contributed by atoms with Gasteiger partial charge in [-0.1, -0.05) is 0 Å². The molecule has 0 aromatic heterocycles. The van der Waals surface area contributed by atoms with Gasteiger partial charge in [-0.05, 0) is 0 Å². The molecule has 0 aliphatic carbocycles. The zero-order valence-electron chi connectivity index (χ0n) is 7.47. The number of hydrogen-bond donors (Lipinski definition) is 5. The second-order valence-electron chi connectivity index (χ2n) is 3.26. The fraction of sp³-hybridized carbons (Fsp3) is 1.00. The van der Waals surface area contributed by atoms with E-state index in [4.69, 9.17) is 14.9 Å². The van der Waals surface area contributed by atoms with Crippen molar-refractivity contribution in [3.05, 3.63) is 0 Å². The third kappa shape index (κ3) is 2.54. The Balaban J connectivity index is 2.77. The van der Waals surface area contributed by atoms with Crippen LogP contribution in [0, 0.1) is 0 Å². The summed E-state index contributed by atoms with van der Waals surface area (Å²) in [4.78, 5) is 17.0. The van der Waals surface area contributed by atoms with Crippen LogP contribution in [0.5, 0.6) is 0 Å². The minimum absolute atomic E-state index is 0.678. The Bertz CT molecular complexity index is 268. The summed E-state index contributed by atoms with van der Waals surface area (Å²) in [7, 11) is -5.05. The topological polar surface area (TPSA) is 127 Å². The molecule has 0 spiro atoms. The van der Waals surface area contributed by atoms with E-state index >= 15 is 0 Å². The quantitative estimate of drug-likeness (QED) is 0.362. The molecule has 1 aliphatic heterocycles. The number of ether oxygens (including phenoxy) is 1. The van der Waals surface area contributed by atoms with Gasteiger partial charge in [-0.3, -0.25) is 4.57 Å². The van der Waals surface area contributed by atoms with E-state index in [1.165, 1.54) is 0 Å². The lowest BCUT2D eigenvalue weighted by Gasteiger charge is -2.19. The Morgan fingerprint density at radius 2 is 1.87 bits per heavy atom. The van der Waals surface area contributed by atoms with E-state index in [1.54, 1.807) is 0 Å². The monoisotopic (exact) mass is 246 g/mol. The van der Waals surface area contributed by atoms with Gasteiger partial charge >= 0.3 is 7.60 Å². The molecule has 15 heavy (non-hydrogen) atoms. The highest BCUT2D eigenvalue weighted by Crippen LogP contribution is 2.47. The van der Waals surface area contributed by atoms with Crippen molar-refractivity contribution in [2.45, 2.75) is 30.3 Å². The molecular weight excluding hydrogens is 234 g/mol. The largest absolute Gasteiger partial charge is 0.394 e. The number of aliphatic hydroxyl groups excluding tert-OH is 3. The molecule has 0 radical (unpaired) electrons. The predicted molar refractivity (Wildman–Crippen MR) is 44.7 cm³/mol. The molecule has 1 heterocycles. The second-order valence-corrected chi connectivity index (χ2v) is 4.94. The fourth-order valence-corrected chi connectivity index (χ4v) is 1.98. The van der Waals surface area contributed by atoms with E-state index in [1.807, 2.05) is 0 Å². The van der Waals surface area contributed by atoms with Crippen LogP contribution < -0.4 is 0 Å². The molecule has 90 valence electrons. The van der Waals surface area contributed by atoms with Crippen LogP contribution in [0.15, 0.2) is 0 Å². The second kappa shape index (κ2) is 4.42. The van der Waals surface area contributed by atoms with Crippen LogP contribution in [0.4, 0.5) is 4.39 Å². The Morgan fingerprint density at radius 1 is 1.33 bits per heavy atom. The highest BCUT2D eigenvalue weighted by molar-refractivity contribution is 7.52. The summed E-state index contributed by atoms with van der Waals surface area (Å²) in [5.41, 5.74) is 0. The van der Waals surface area contributed by atoms with Gasteiger partial charge in [0.05, 0.1) is 6.61 Å². The summed E-state index contributed by atoms with van der Waals surface area (Å²) in [5, 5.41) is 27.1. The molecule has 0 bridgehead atoms. The standard InChI is InChI=1S/C6H12FO7P/c7-6(15(11,12)13)5-4(10)3(9)2(1-8)14-5/h2-6,8-10H,1H2,(H2,11,12,13)/t2-,3-,4+,5-,6?/m1/s1. The summed E-state index contributed by atoms with van der Waals surface area (Å²) in [5.74, 6) is -2.72. The molecule has 7 nitrogen and oxygen atoms in total. The maximum atomic E-state index is 13.1. The Labute approximate surface area is 84.3 Å². The molecule has 1 fully saturated rings. The van der Waals surface area contributed by atoms with Crippen LogP contribution in [0.2, 0.25) is 0 Å². The Morgan fingerprint density at radius 3 is 2.20 bits per heavy atom. The number of halogens is 1. The van der Waals surface area contributed by atoms with E-state index in [0.29, 0.717) is 0 Å². The zero-order chi connectivity index (χ0) is 11.8. The molecule has 1 rings (SSSR count). The van der Waals surface area contributed by atoms with Crippen molar-refractivity contribution in [2.75, 3.05) is 6.61 Å². The lowest BCUT2D eigenvalue weighted by atomic mass is 10.1. The molecule has 5 atom stereocenters. The molecule has 9 heteroatoms. The van der Waals surface area contributed by atoms with Crippen LogP contribution >= 0.6 is 7.60 Å². The Hall–Kier alpha value is -0.0800. The lowest BCUT2D eigenvalue weighted by Crippen LogP contribution is -2.37. The first-order valence-electron chi connectivity index (χ1n) is 4.10. The Kier molecular flexibility index (Phi) is 3.83. The van der Waals surface area contributed by atoms with E-state index in [2.05, 4.69) is 4.74 Å². The molecule has 1 saturated heterocycles. The van der Waals surface area contributed by atoms with E-state index in [-0.39, 0.29) is 0 Å². The first-order chi connectivity index (χ1) is 6.79. The van der Waals surface area contributed by atoms with Gasteiger partial charge in [-0.25, -0.2) is 4.39 Å². The normalized spacial score (nSPS) is 39.3. The summed E-state index contributed by atoms with van der Waals surface area (Å²) < 4.78 is 28.3. The van der Waals surface area contributed by atoms with Crippen LogP contribution in [0.25, 0.3) is 0 Å². The van der Waals surface area contributed by atoms with Crippen LogP contribution in [-0.2, 0) is 9.30 Å².